The lowest BCUT2D eigenvalue weighted by atomic mass is 10.0. The summed E-state index contributed by atoms with van der Waals surface area (Å²) >= 11 is 5.84. The quantitative estimate of drug-likeness (QED) is 0.302. The summed E-state index contributed by atoms with van der Waals surface area (Å²) in [6.07, 6.45) is -3.82. The summed E-state index contributed by atoms with van der Waals surface area (Å²) in [5, 5.41) is 4.59. The van der Waals surface area contributed by atoms with Gasteiger partial charge in [0.05, 0.1) is 28.9 Å². The highest BCUT2D eigenvalue weighted by Crippen LogP contribution is 2.28. The van der Waals surface area contributed by atoms with Crippen molar-refractivity contribution in [3.8, 4) is 0 Å². The number of anilines is 2. The maximum absolute atomic E-state index is 14.4. The Morgan fingerprint density at radius 2 is 1.89 bits per heavy atom. The van der Waals surface area contributed by atoms with Gasteiger partial charge >= 0.3 is 6.18 Å². The van der Waals surface area contributed by atoms with Gasteiger partial charge in [0.2, 0.25) is 16.0 Å². The number of aromatic nitrogens is 3. The molecule has 10 nitrogen and oxygen atoms in total. The second-order valence-electron chi connectivity index (χ2n) is 7.76. The average molecular weight is 551 g/mol. The molecule has 36 heavy (non-hydrogen) atoms. The number of amides is 1. The van der Waals surface area contributed by atoms with Gasteiger partial charge in [0.25, 0.3) is 11.5 Å². The van der Waals surface area contributed by atoms with Crippen molar-refractivity contribution in [2.75, 3.05) is 23.4 Å². The van der Waals surface area contributed by atoms with Crippen molar-refractivity contribution in [2.45, 2.75) is 19.1 Å². The maximum atomic E-state index is 14.4. The third-order valence-electron chi connectivity index (χ3n) is 4.81. The first-order valence-corrected chi connectivity index (χ1v) is 12.3. The fourth-order valence-electron chi connectivity index (χ4n) is 3.29. The number of benzene rings is 1. The summed E-state index contributed by atoms with van der Waals surface area (Å²) in [6, 6.07) is 3.67. The molecule has 0 bridgehead atoms. The molecule has 1 atom stereocenters. The molecule has 16 heteroatoms. The van der Waals surface area contributed by atoms with E-state index in [1.165, 1.54) is 26.1 Å². The van der Waals surface area contributed by atoms with E-state index in [9.17, 15) is 35.6 Å². The first kappa shape index (κ1) is 27.1. The lowest BCUT2D eigenvalue weighted by Gasteiger charge is -2.20. The van der Waals surface area contributed by atoms with E-state index in [1.807, 2.05) is 5.32 Å². The Bertz CT molecular complexity index is 1510. The van der Waals surface area contributed by atoms with Crippen LogP contribution in [0, 0.1) is 5.82 Å². The molecule has 0 aliphatic rings. The van der Waals surface area contributed by atoms with Gasteiger partial charge in [0, 0.05) is 12.6 Å². The van der Waals surface area contributed by atoms with Crippen LogP contribution in [0.4, 0.5) is 29.2 Å². The third kappa shape index (κ3) is 6.40. The molecular formula is C20H19ClF4N6O4S. The van der Waals surface area contributed by atoms with Crippen LogP contribution >= 0.6 is 11.6 Å². The van der Waals surface area contributed by atoms with Gasteiger partial charge in [-0.15, -0.1) is 0 Å². The van der Waals surface area contributed by atoms with Gasteiger partial charge in [-0.3, -0.25) is 14.2 Å². The lowest BCUT2D eigenvalue weighted by molar-refractivity contribution is -0.115. The van der Waals surface area contributed by atoms with Crippen LogP contribution in [-0.4, -0.2) is 47.8 Å². The number of alkyl halides is 3. The number of nitrogens with one attached hydrogen (secondary N) is 3. The van der Waals surface area contributed by atoms with E-state index < -0.39 is 57.7 Å². The number of carbonyl (C=O) groups excluding carboxylic acids is 1. The molecule has 0 aliphatic carbocycles. The van der Waals surface area contributed by atoms with E-state index in [0.29, 0.717) is 0 Å². The summed E-state index contributed by atoms with van der Waals surface area (Å²) in [4.78, 5) is 33.1. The second-order valence-corrected chi connectivity index (χ2v) is 9.89. The fourth-order valence-corrected chi connectivity index (χ4v) is 3.87. The average Bonchev–Trinajstić information content (AvgIpc) is 2.74. The Hall–Kier alpha value is -3.46. The topological polar surface area (TPSA) is 135 Å². The zero-order valence-electron chi connectivity index (χ0n) is 18.9. The van der Waals surface area contributed by atoms with Crippen molar-refractivity contribution in [1.29, 1.82) is 0 Å². The van der Waals surface area contributed by atoms with Gasteiger partial charge in [-0.1, -0.05) is 11.6 Å². The van der Waals surface area contributed by atoms with E-state index in [4.69, 9.17) is 11.6 Å². The van der Waals surface area contributed by atoms with Crippen LogP contribution in [0.5, 0.6) is 0 Å². The van der Waals surface area contributed by atoms with Crippen LogP contribution in [0.2, 0.25) is 5.15 Å². The summed E-state index contributed by atoms with van der Waals surface area (Å²) in [7, 11) is -2.75. The SMILES string of the molecule is C[C@@H](Nc1ccc(Cl)nc1C(=O)NS(C)(=O)=O)c1cc(F)cc2c(=O)n(C)c(NCC(F)(F)F)nc12. The van der Waals surface area contributed by atoms with Gasteiger partial charge in [0.1, 0.15) is 17.5 Å². The predicted molar refractivity (Wildman–Crippen MR) is 125 cm³/mol. The number of pyridine rings is 1. The van der Waals surface area contributed by atoms with E-state index in [1.54, 1.807) is 4.72 Å². The minimum atomic E-state index is -4.59. The molecule has 0 unspecified atom stereocenters. The molecular weight excluding hydrogens is 532 g/mol. The van der Waals surface area contributed by atoms with Gasteiger partial charge < -0.3 is 10.6 Å². The molecule has 3 N–H and O–H groups in total. The molecule has 0 saturated heterocycles. The summed E-state index contributed by atoms with van der Waals surface area (Å²) < 4.78 is 78.1. The van der Waals surface area contributed by atoms with Crippen molar-refractivity contribution in [3.63, 3.8) is 0 Å². The number of rotatable bonds is 7. The summed E-state index contributed by atoms with van der Waals surface area (Å²) in [5.74, 6) is -2.30. The largest absolute Gasteiger partial charge is 0.405 e. The highest BCUT2D eigenvalue weighted by Gasteiger charge is 2.28. The van der Waals surface area contributed by atoms with Crippen LogP contribution in [0.15, 0.2) is 29.1 Å². The Labute approximate surface area is 206 Å². The Morgan fingerprint density at radius 3 is 2.50 bits per heavy atom. The van der Waals surface area contributed by atoms with Crippen LogP contribution in [-0.2, 0) is 17.1 Å². The number of hydrogen-bond donors (Lipinski definition) is 3. The zero-order chi connectivity index (χ0) is 27.0. The van der Waals surface area contributed by atoms with Crippen molar-refractivity contribution in [2.24, 2.45) is 7.05 Å². The van der Waals surface area contributed by atoms with E-state index in [-0.39, 0.29) is 27.3 Å². The van der Waals surface area contributed by atoms with Gasteiger partial charge in [0.15, 0.2) is 5.69 Å². The van der Waals surface area contributed by atoms with Gasteiger partial charge in [-0.05, 0) is 31.2 Å². The summed E-state index contributed by atoms with van der Waals surface area (Å²) in [6.45, 7) is 0.0431. The molecule has 0 radical (unpaired) electrons. The normalized spacial score (nSPS) is 12.9. The minimum Gasteiger partial charge on any atom is -0.377 e. The monoisotopic (exact) mass is 550 g/mol. The molecule has 1 aromatic carbocycles. The lowest BCUT2D eigenvalue weighted by Crippen LogP contribution is -2.31. The highest BCUT2D eigenvalue weighted by atomic mass is 35.5. The number of sulfonamides is 1. The highest BCUT2D eigenvalue weighted by molar-refractivity contribution is 7.89. The molecule has 2 aromatic heterocycles. The van der Waals surface area contributed by atoms with Crippen molar-refractivity contribution >= 4 is 50.1 Å². The molecule has 1 amide bonds. The van der Waals surface area contributed by atoms with Crippen LogP contribution in [0.25, 0.3) is 10.9 Å². The van der Waals surface area contributed by atoms with Crippen molar-refractivity contribution < 1.29 is 30.8 Å². The van der Waals surface area contributed by atoms with Gasteiger partial charge in [-0.25, -0.2) is 27.5 Å². The number of fused-ring (bicyclic) bond motifs is 1. The smallest absolute Gasteiger partial charge is 0.377 e. The first-order chi connectivity index (χ1) is 16.6. The van der Waals surface area contributed by atoms with E-state index in [0.717, 1.165) is 23.0 Å². The molecule has 0 aliphatic heterocycles. The van der Waals surface area contributed by atoms with Crippen molar-refractivity contribution in [3.05, 3.63) is 56.8 Å². The summed E-state index contributed by atoms with van der Waals surface area (Å²) in [5.41, 5.74) is -1.20. The first-order valence-electron chi connectivity index (χ1n) is 10.0. The molecule has 0 spiro atoms. The van der Waals surface area contributed by atoms with Gasteiger partial charge in [-0.2, -0.15) is 13.2 Å². The molecule has 0 saturated carbocycles. The molecule has 3 rings (SSSR count). The number of nitrogens with zero attached hydrogens (tertiary/aromatic N) is 3. The standard InChI is InChI=1S/C20H19ClF4N6O4S/c1-9(27-13-4-5-14(21)28-16(13)17(32)30-36(3,34)35)11-6-10(22)7-12-15(11)29-19(31(2)18(12)33)26-8-20(23,24)25/h4-7,9,27H,8H2,1-3H3,(H,26,29)(H,30,32)/t9-/m1/s1. The number of carbonyl (C=O) groups is 1. The molecule has 194 valence electrons. The predicted octanol–water partition coefficient (Wildman–Crippen LogP) is 2.96. The van der Waals surface area contributed by atoms with Crippen LogP contribution < -0.4 is 20.9 Å². The zero-order valence-corrected chi connectivity index (χ0v) is 20.4. The number of halogens is 5. The number of hydrogen-bond acceptors (Lipinski definition) is 8. The molecule has 0 fully saturated rings. The molecule has 3 aromatic rings. The van der Waals surface area contributed by atoms with Crippen LogP contribution in [0.1, 0.15) is 29.0 Å². The Morgan fingerprint density at radius 1 is 1.22 bits per heavy atom. The Balaban J connectivity index is 2.09. The maximum Gasteiger partial charge on any atom is 0.405 e. The van der Waals surface area contributed by atoms with E-state index in [2.05, 4.69) is 15.3 Å². The van der Waals surface area contributed by atoms with Crippen LogP contribution in [0.3, 0.4) is 0 Å². The fraction of sp³-hybridized carbons (Fsp3) is 0.300. The second kappa shape index (κ2) is 9.89. The van der Waals surface area contributed by atoms with Crippen molar-refractivity contribution in [1.82, 2.24) is 19.3 Å². The Kier molecular flexibility index (Phi) is 7.45. The minimum absolute atomic E-state index is 0.00437. The molecule has 2 heterocycles. The third-order valence-corrected chi connectivity index (χ3v) is 5.58. The van der Waals surface area contributed by atoms with E-state index >= 15 is 0 Å².